The van der Waals surface area contributed by atoms with Crippen molar-refractivity contribution in [2.45, 2.75) is 102 Å². The number of carbonyl (C=O) groups is 1. The lowest BCUT2D eigenvalue weighted by Gasteiger charge is -2.19. The van der Waals surface area contributed by atoms with Gasteiger partial charge in [-0.3, -0.25) is 4.79 Å². The van der Waals surface area contributed by atoms with Crippen LogP contribution in [0.2, 0.25) is 0 Å². The summed E-state index contributed by atoms with van der Waals surface area (Å²) in [5.41, 5.74) is 0. The molecule has 150 valence electrons. The predicted octanol–water partition coefficient (Wildman–Crippen LogP) is 7.20. The first kappa shape index (κ1) is 25.8. The highest BCUT2D eigenvalue weighted by atomic mass is 32.2. The Bertz CT molecular complexity index is 437. The van der Waals surface area contributed by atoms with Crippen LogP contribution in [0.3, 0.4) is 0 Å². The summed E-state index contributed by atoms with van der Waals surface area (Å²) in [6.45, 7) is 4.03. The fourth-order valence-electron chi connectivity index (χ4n) is 2.61. The Balaban J connectivity index is 3.59. The summed E-state index contributed by atoms with van der Waals surface area (Å²) in [6, 6.07) is 2.21. The van der Waals surface area contributed by atoms with E-state index in [2.05, 4.69) is 13.0 Å². The highest BCUT2D eigenvalue weighted by Crippen LogP contribution is 2.34. The molecule has 0 aromatic heterocycles. The van der Waals surface area contributed by atoms with Gasteiger partial charge in [-0.2, -0.15) is 5.26 Å². The smallest absolute Gasteiger partial charge is 0.303 e. The molecule has 0 spiro atoms. The second-order valence-electron chi connectivity index (χ2n) is 6.97. The van der Waals surface area contributed by atoms with Crippen LogP contribution in [0.15, 0.2) is 0 Å². The van der Waals surface area contributed by atoms with Gasteiger partial charge in [-0.15, -0.1) is 11.8 Å². The minimum atomic E-state index is -0.869. The third-order valence-electron chi connectivity index (χ3n) is 4.33. The van der Waals surface area contributed by atoms with Crippen molar-refractivity contribution in [2.75, 3.05) is 5.75 Å². The average molecular weight is 418 g/mol. The zero-order chi connectivity index (χ0) is 19.7. The van der Waals surface area contributed by atoms with E-state index >= 15 is 0 Å². The van der Waals surface area contributed by atoms with E-state index in [1.165, 1.54) is 76.0 Å². The van der Waals surface area contributed by atoms with Gasteiger partial charge in [0.2, 0.25) is 0 Å². The van der Waals surface area contributed by atoms with Gasteiger partial charge in [0.05, 0.1) is 6.07 Å². The number of thiocarbonyl (C=S) groups is 1. The van der Waals surface area contributed by atoms with Crippen LogP contribution in [0.1, 0.15) is 97.3 Å². The fraction of sp³-hybridized carbons (Fsp3) is 0.850. The van der Waals surface area contributed by atoms with Crippen LogP contribution >= 0.6 is 35.7 Å². The van der Waals surface area contributed by atoms with E-state index in [1.807, 2.05) is 0 Å². The number of carboxylic acids is 1. The van der Waals surface area contributed by atoms with Crippen LogP contribution in [-0.2, 0) is 4.79 Å². The van der Waals surface area contributed by atoms with Crippen molar-refractivity contribution in [3.8, 4) is 6.07 Å². The molecule has 6 heteroatoms. The Morgan fingerprint density at radius 3 is 2.00 bits per heavy atom. The average Bonchev–Trinajstić information content (AvgIpc) is 2.61. The highest BCUT2D eigenvalue weighted by molar-refractivity contribution is 8.47. The summed E-state index contributed by atoms with van der Waals surface area (Å²) >= 11 is 8.32. The standard InChI is InChI=1S/C20H35NO2S3/c1-3-4-5-6-7-8-9-10-11-12-13-16-25-19(24)26-20(2,17-21)15-14-18(22)23/h3-16H2,1-2H3,(H,22,23). The van der Waals surface area contributed by atoms with Gasteiger partial charge < -0.3 is 5.11 Å². The van der Waals surface area contributed by atoms with Crippen LogP contribution in [-0.4, -0.2) is 25.1 Å². The summed E-state index contributed by atoms with van der Waals surface area (Å²) in [5.74, 6) is 0.120. The molecule has 0 aliphatic heterocycles. The van der Waals surface area contributed by atoms with Crippen LogP contribution in [0, 0.1) is 11.3 Å². The Kier molecular flexibility index (Phi) is 16.7. The predicted molar refractivity (Wildman–Crippen MR) is 120 cm³/mol. The van der Waals surface area contributed by atoms with E-state index in [-0.39, 0.29) is 6.42 Å². The van der Waals surface area contributed by atoms with Crippen LogP contribution in [0.5, 0.6) is 0 Å². The first-order valence-corrected chi connectivity index (χ1v) is 12.1. The molecule has 1 unspecified atom stereocenters. The number of unbranched alkanes of at least 4 members (excludes halogenated alkanes) is 10. The number of nitriles is 1. The normalized spacial score (nSPS) is 13.1. The molecule has 0 radical (unpaired) electrons. The number of carboxylic acid groups (broad SMARTS) is 1. The maximum Gasteiger partial charge on any atom is 0.303 e. The second-order valence-corrected chi connectivity index (χ2v) is 10.8. The van der Waals surface area contributed by atoms with Gasteiger partial charge in [-0.1, -0.05) is 95.1 Å². The van der Waals surface area contributed by atoms with Gasteiger partial charge in [-0.05, 0) is 25.5 Å². The molecule has 0 aromatic carbocycles. The van der Waals surface area contributed by atoms with Crippen LogP contribution in [0.25, 0.3) is 0 Å². The first-order valence-electron chi connectivity index (χ1n) is 9.92. The molecule has 0 rings (SSSR count). The van der Waals surface area contributed by atoms with Gasteiger partial charge in [-0.25, -0.2) is 0 Å². The number of hydrogen-bond acceptors (Lipinski definition) is 5. The third-order valence-corrected chi connectivity index (χ3v) is 7.18. The molecular formula is C20H35NO2S3. The van der Waals surface area contributed by atoms with Gasteiger partial charge in [0.25, 0.3) is 0 Å². The van der Waals surface area contributed by atoms with Crippen molar-refractivity contribution in [3.63, 3.8) is 0 Å². The molecule has 1 atom stereocenters. The molecule has 0 aliphatic rings. The van der Waals surface area contributed by atoms with Crippen molar-refractivity contribution >= 4 is 45.2 Å². The topological polar surface area (TPSA) is 61.1 Å². The van der Waals surface area contributed by atoms with E-state index in [9.17, 15) is 10.1 Å². The van der Waals surface area contributed by atoms with Crippen molar-refractivity contribution in [3.05, 3.63) is 0 Å². The van der Waals surface area contributed by atoms with Gasteiger partial charge in [0.15, 0.2) is 0 Å². The Hall–Kier alpha value is -0.250. The number of rotatable bonds is 16. The molecule has 0 saturated heterocycles. The highest BCUT2D eigenvalue weighted by Gasteiger charge is 2.27. The zero-order valence-electron chi connectivity index (χ0n) is 16.4. The first-order chi connectivity index (χ1) is 12.4. The van der Waals surface area contributed by atoms with Crippen molar-refractivity contribution in [1.82, 2.24) is 0 Å². The molecular weight excluding hydrogens is 382 g/mol. The Morgan fingerprint density at radius 1 is 1.04 bits per heavy atom. The van der Waals surface area contributed by atoms with E-state index in [4.69, 9.17) is 17.3 Å². The number of hydrogen-bond donors (Lipinski definition) is 1. The Labute approximate surface area is 174 Å². The fourth-order valence-corrected chi connectivity index (χ4v) is 5.58. The second kappa shape index (κ2) is 16.9. The summed E-state index contributed by atoms with van der Waals surface area (Å²) in [7, 11) is 0. The summed E-state index contributed by atoms with van der Waals surface area (Å²) in [6.07, 6.45) is 15.0. The van der Waals surface area contributed by atoms with Crippen molar-refractivity contribution in [1.29, 1.82) is 5.26 Å². The minimum Gasteiger partial charge on any atom is -0.481 e. The van der Waals surface area contributed by atoms with Gasteiger partial charge in [0.1, 0.15) is 8.28 Å². The lowest BCUT2D eigenvalue weighted by molar-refractivity contribution is -0.137. The molecule has 3 nitrogen and oxygen atoms in total. The van der Waals surface area contributed by atoms with Crippen LogP contribution in [0.4, 0.5) is 0 Å². The Morgan fingerprint density at radius 2 is 1.54 bits per heavy atom. The molecule has 0 bridgehead atoms. The summed E-state index contributed by atoms with van der Waals surface area (Å²) < 4.78 is 0.0195. The molecule has 0 aliphatic carbocycles. The monoisotopic (exact) mass is 417 g/mol. The maximum absolute atomic E-state index is 10.7. The van der Waals surface area contributed by atoms with Gasteiger partial charge >= 0.3 is 5.97 Å². The van der Waals surface area contributed by atoms with Crippen molar-refractivity contribution < 1.29 is 9.90 Å². The van der Waals surface area contributed by atoms with Crippen LogP contribution < -0.4 is 0 Å². The van der Waals surface area contributed by atoms with Crippen molar-refractivity contribution in [2.24, 2.45) is 0 Å². The molecule has 26 heavy (non-hydrogen) atoms. The molecule has 0 fully saturated rings. The van der Waals surface area contributed by atoms with E-state index in [1.54, 1.807) is 18.7 Å². The lowest BCUT2D eigenvalue weighted by atomic mass is 10.1. The summed E-state index contributed by atoms with van der Waals surface area (Å²) in [5, 5.41) is 18.1. The molecule has 0 aromatic rings. The lowest BCUT2D eigenvalue weighted by Crippen LogP contribution is -2.20. The minimum absolute atomic E-state index is 0.00292. The zero-order valence-corrected chi connectivity index (χ0v) is 18.9. The maximum atomic E-state index is 10.7. The van der Waals surface area contributed by atoms with E-state index in [0.717, 1.165) is 15.7 Å². The van der Waals surface area contributed by atoms with E-state index in [0.29, 0.717) is 6.42 Å². The largest absolute Gasteiger partial charge is 0.481 e. The van der Waals surface area contributed by atoms with Gasteiger partial charge in [0, 0.05) is 6.42 Å². The number of nitrogens with zero attached hydrogens (tertiary/aromatic N) is 1. The van der Waals surface area contributed by atoms with E-state index < -0.39 is 10.7 Å². The SMILES string of the molecule is CCCCCCCCCCCCCSC(=S)SC(C)(C#N)CCC(=O)O. The molecule has 1 N–H and O–H groups in total. The number of thioether (sulfide) groups is 2. The quantitative estimate of drug-likeness (QED) is 0.212. The molecule has 0 heterocycles. The molecule has 0 amide bonds. The third kappa shape index (κ3) is 16.0. The molecule has 0 saturated carbocycles. The number of aliphatic carboxylic acids is 1. The summed E-state index contributed by atoms with van der Waals surface area (Å²) in [4.78, 5) is 10.7.